The van der Waals surface area contributed by atoms with Crippen molar-refractivity contribution in [3.05, 3.63) is 67.4 Å². The summed E-state index contributed by atoms with van der Waals surface area (Å²) in [6.45, 7) is 0.198. The molecule has 4 aromatic rings. The van der Waals surface area contributed by atoms with Gasteiger partial charge in [-0.15, -0.1) is 0 Å². The molecule has 0 amide bonds. The summed E-state index contributed by atoms with van der Waals surface area (Å²) in [7, 11) is 2.95. The molecule has 0 unspecified atom stereocenters. The summed E-state index contributed by atoms with van der Waals surface area (Å²) in [5.74, 6) is -0.0169. The van der Waals surface area contributed by atoms with Gasteiger partial charge in [-0.1, -0.05) is 0 Å². The number of hydrogen-bond acceptors (Lipinski definition) is 6. The van der Waals surface area contributed by atoms with Crippen molar-refractivity contribution in [3.8, 4) is 5.75 Å². The van der Waals surface area contributed by atoms with Crippen molar-refractivity contribution in [1.82, 2.24) is 18.7 Å². The first-order valence-electron chi connectivity index (χ1n) is 7.73. The number of hydrogen-bond donors (Lipinski definition) is 1. The van der Waals surface area contributed by atoms with Crippen LogP contribution in [-0.2, 0) is 20.6 Å². The van der Waals surface area contributed by atoms with E-state index in [9.17, 15) is 19.5 Å². The molecule has 1 N–H and O–H groups in total. The number of imidazole rings is 1. The van der Waals surface area contributed by atoms with E-state index < -0.39 is 16.9 Å². The summed E-state index contributed by atoms with van der Waals surface area (Å²) < 4.78 is 9.07. The van der Waals surface area contributed by atoms with Crippen LogP contribution in [0.3, 0.4) is 0 Å². The predicted molar refractivity (Wildman–Crippen MR) is 93.5 cm³/mol. The third-order valence-corrected chi connectivity index (χ3v) is 4.36. The fourth-order valence-corrected chi connectivity index (χ4v) is 3.09. The number of benzene rings is 1. The lowest BCUT2D eigenvalue weighted by Crippen LogP contribution is -2.37. The number of nitrogens with zero attached hydrogens (tertiary/aromatic N) is 4. The Kier molecular flexibility index (Phi) is 3.33. The van der Waals surface area contributed by atoms with Gasteiger partial charge in [0, 0.05) is 31.6 Å². The Hall–Kier alpha value is -3.62. The van der Waals surface area contributed by atoms with Crippen molar-refractivity contribution in [2.24, 2.45) is 14.1 Å². The van der Waals surface area contributed by atoms with Crippen molar-refractivity contribution in [2.45, 2.75) is 6.54 Å². The Balaban J connectivity index is 1.97. The van der Waals surface area contributed by atoms with E-state index in [0.717, 1.165) is 4.57 Å². The fourth-order valence-electron chi connectivity index (χ4n) is 3.09. The number of aryl methyl sites for hydroxylation is 1. The molecule has 0 spiro atoms. The lowest BCUT2D eigenvalue weighted by Gasteiger charge is -2.10. The van der Waals surface area contributed by atoms with Crippen LogP contribution in [0.2, 0.25) is 0 Å². The Morgan fingerprint density at radius 1 is 1.12 bits per heavy atom. The van der Waals surface area contributed by atoms with Gasteiger partial charge in [-0.2, -0.15) is 0 Å². The van der Waals surface area contributed by atoms with Crippen LogP contribution in [0.4, 0.5) is 0 Å². The molecule has 0 saturated carbocycles. The van der Waals surface area contributed by atoms with E-state index in [1.807, 2.05) is 0 Å². The second-order valence-electron chi connectivity index (χ2n) is 6.02. The van der Waals surface area contributed by atoms with Gasteiger partial charge in [-0.05, 0) is 17.7 Å². The first-order valence-corrected chi connectivity index (χ1v) is 7.73. The average Bonchev–Trinajstić information content (AvgIpc) is 3.01. The number of fused-ring (bicyclic) bond motifs is 2. The molecule has 3 aromatic heterocycles. The topological polar surface area (TPSA) is 112 Å². The van der Waals surface area contributed by atoms with Gasteiger partial charge in [0.05, 0.1) is 12.9 Å². The largest absolute Gasteiger partial charge is 0.508 e. The standard InChI is InChI=1S/C17H14N4O5/c1-19-15-14(16(24)20(2)17(19)25)18-8-21(15)7-9-5-13(23)26-12-6-10(22)3-4-11(9)12/h3-6,8,22H,7H2,1-2H3. The summed E-state index contributed by atoms with van der Waals surface area (Å²) in [6.07, 6.45) is 1.45. The van der Waals surface area contributed by atoms with Gasteiger partial charge in [-0.3, -0.25) is 13.9 Å². The highest BCUT2D eigenvalue weighted by atomic mass is 16.4. The minimum Gasteiger partial charge on any atom is -0.508 e. The van der Waals surface area contributed by atoms with Crippen LogP contribution >= 0.6 is 0 Å². The minimum absolute atomic E-state index is 0.0169. The summed E-state index contributed by atoms with van der Waals surface area (Å²) in [5.41, 5.74) is -0.119. The Bertz CT molecular complexity index is 1360. The summed E-state index contributed by atoms with van der Waals surface area (Å²) >= 11 is 0. The highest BCUT2D eigenvalue weighted by Gasteiger charge is 2.15. The highest BCUT2D eigenvalue weighted by molar-refractivity contribution is 5.81. The quantitative estimate of drug-likeness (QED) is 0.518. The van der Waals surface area contributed by atoms with E-state index in [-0.39, 0.29) is 23.4 Å². The molecule has 0 fully saturated rings. The molecule has 0 radical (unpaired) electrons. The lowest BCUT2D eigenvalue weighted by molar-refractivity contribution is 0.473. The summed E-state index contributed by atoms with van der Waals surface area (Å²) in [5, 5.41) is 10.2. The zero-order valence-corrected chi connectivity index (χ0v) is 14.0. The highest BCUT2D eigenvalue weighted by Crippen LogP contribution is 2.23. The molecule has 0 bridgehead atoms. The number of rotatable bonds is 2. The van der Waals surface area contributed by atoms with Crippen LogP contribution in [0.15, 0.2) is 49.4 Å². The van der Waals surface area contributed by atoms with Gasteiger partial charge in [0.1, 0.15) is 17.0 Å². The Morgan fingerprint density at radius 3 is 2.65 bits per heavy atom. The van der Waals surface area contributed by atoms with Gasteiger partial charge in [-0.25, -0.2) is 14.6 Å². The molecule has 9 heteroatoms. The van der Waals surface area contributed by atoms with Crippen molar-refractivity contribution < 1.29 is 9.52 Å². The van der Waals surface area contributed by atoms with Gasteiger partial charge in [0.2, 0.25) is 0 Å². The van der Waals surface area contributed by atoms with E-state index in [2.05, 4.69) is 4.98 Å². The first-order chi connectivity index (χ1) is 12.4. The number of phenols is 1. The smallest absolute Gasteiger partial charge is 0.336 e. The molecule has 0 saturated heterocycles. The van der Waals surface area contributed by atoms with Crippen LogP contribution in [0.5, 0.6) is 5.75 Å². The van der Waals surface area contributed by atoms with Gasteiger partial charge < -0.3 is 14.1 Å². The van der Waals surface area contributed by atoms with Gasteiger partial charge >= 0.3 is 11.3 Å². The molecule has 1 aromatic carbocycles. The molecule has 3 heterocycles. The number of aromatic hydroxyl groups is 1. The van der Waals surface area contributed by atoms with E-state index >= 15 is 0 Å². The van der Waals surface area contributed by atoms with Gasteiger partial charge in [0.25, 0.3) is 5.56 Å². The van der Waals surface area contributed by atoms with Crippen LogP contribution in [0.25, 0.3) is 22.1 Å². The summed E-state index contributed by atoms with van der Waals surface area (Å²) in [6, 6.07) is 5.82. The zero-order valence-electron chi connectivity index (χ0n) is 14.0. The average molecular weight is 354 g/mol. The second kappa shape index (κ2) is 5.45. The van der Waals surface area contributed by atoms with E-state index in [1.54, 1.807) is 17.7 Å². The van der Waals surface area contributed by atoms with Crippen molar-refractivity contribution in [2.75, 3.05) is 0 Å². The number of aromatic nitrogens is 4. The molecule has 4 rings (SSSR count). The molecular formula is C17H14N4O5. The van der Waals surface area contributed by atoms with Crippen molar-refractivity contribution >= 4 is 22.1 Å². The third-order valence-electron chi connectivity index (χ3n) is 4.36. The molecule has 132 valence electrons. The lowest BCUT2D eigenvalue weighted by atomic mass is 10.1. The van der Waals surface area contributed by atoms with Crippen LogP contribution in [0.1, 0.15) is 5.56 Å². The summed E-state index contributed by atoms with van der Waals surface area (Å²) in [4.78, 5) is 40.4. The predicted octanol–water partition coefficient (Wildman–Crippen LogP) is 0.294. The maximum Gasteiger partial charge on any atom is 0.336 e. The SMILES string of the molecule is Cn1c(=O)c2ncn(Cc3cc(=O)oc4cc(O)ccc34)c2n(C)c1=O. The zero-order chi connectivity index (χ0) is 18.6. The molecule has 0 atom stereocenters. The normalized spacial score (nSPS) is 11.5. The first kappa shape index (κ1) is 15.9. The Morgan fingerprint density at radius 2 is 1.88 bits per heavy atom. The molecule has 0 aliphatic rings. The maximum atomic E-state index is 12.3. The van der Waals surface area contributed by atoms with Crippen LogP contribution in [-0.4, -0.2) is 23.8 Å². The van der Waals surface area contributed by atoms with Gasteiger partial charge in [0.15, 0.2) is 5.52 Å². The molecule has 9 nitrogen and oxygen atoms in total. The maximum absolute atomic E-state index is 12.3. The minimum atomic E-state index is -0.563. The van der Waals surface area contributed by atoms with Crippen molar-refractivity contribution in [3.63, 3.8) is 0 Å². The van der Waals surface area contributed by atoms with Crippen molar-refractivity contribution in [1.29, 1.82) is 0 Å². The Labute approximate surface area is 145 Å². The van der Waals surface area contributed by atoms with E-state index in [0.29, 0.717) is 16.6 Å². The second-order valence-corrected chi connectivity index (χ2v) is 6.02. The fraction of sp³-hybridized carbons (Fsp3) is 0.176. The third kappa shape index (κ3) is 2.25. The van der Waals surface area contributed by atoms with Crippen LogP contribution < -0.4 is 16.9 Å². The molecule has 26 heavy (non-hydrogen) atoms. The number of phenolic OH excluding ortho intramolecular Hbond substituents is 1. The molecule has 0 aliphatic carbocycles. The van der Waals surface area contributed by atoms with Crippen LogP contribution in [0, 0.1) is 0 Å². The monoisotopic (exact) mass is 354 g/mol. The molecular weight excluding hydrogens is 340 g/mol. The van der Waals surface area contributed by atoms with E-state index in [4.69, 9.17) is 4.42 Å². The van der Waals surface area contributed by atoms with E-state index in [1.165, 1.54) is 36.1 Å². The molecule has 0 aliphatic heterocycles.